The van der Waals surface area contributed by atoms with E-state index in [0.717, 1.165) is 39.0 Å². The lowest BCUT2D eigenvalue weighted by Crippen LogP contribution is -2.47. The first-order valence-corrected chi connectivity index (χ1v) is 10.5. The van der Waals surface area contributed by atoms with Crippen LogP contribution < -0.4 is 0 Å². The second kappa shape index (κ2) is 7.85. The lowest BCUT2D eigenvalue weighted by Gasteiger charge is -2.31. The fourth-order valence-corrected chi connectivity index (χ4v) is 4.83. The Balaban J connectivity index is 1.72. The number of carbonyl (C=O) groups excluding carboxylic acids is 1. The second-order valence-electron chi connectivity index (χ2n) is 6.94. The van der Waals surface area contributed by atoms with Gasteiger partial charge in [0, 0.05) is 44.8 Å². The predicted molar refractivity (Wildman–Crippen MR) is 97.1 cm³/mol. The topological polar surface area (TPSA) is 60.9 Å². The Morgan fingerprint density at radius 2 is 1.40 bits per heavy atom. The van der Waals surface area contributed by atoms with E-state index >= 15 is 0 Å². The summed E-state index contributed by atoms with van der Waals surface area (Å²) in [6.45, 7) is 4.08. The monoisotopic (exact) mass is 365 g/mol. The lowest BCUT2D eigenvalue weighted by molar-refractivity contribution is 0.0761. The summed E-state index contributed by atoms with van der Waals surface area (Å²) < 4.78 is 27.0. The Labute approximate surface area is 150 Å². The molecule has 0 aromatic heterocycles. The highest BCUT2D eigenvalue weighted by Crippen LogP contribution is 2.19. The lowest BCUT2D eigenvalue weighted by atomic mass is 10.2. The van der Waals surface area contributed by atoms with Crippen LogP contribution >= 0.6 is 0 Å². The number of piperazine rings is 1. The van der Waals surface area contributed by atoms with E-state index in [2.05, 4.69) is 4.90 Å². The summed E-state index contributed by atoms with van der Waals surface area (Å²) in [5.74, 6) is 0.00504. The zero-order chi connectivity index (χ0) is 17.9. The van der Waals surface area contributed by atoms with E-state index in [1.54, 1.807) is 24.3 Å². The molecule has 1 amide bonds. The number of benzene rings is 1. The van der Waals surface area contributed by atoms with Crippen LogP contribution in [-0.4, -0.2) is 74.7 Å². The quantitative estimate of drug-likeness (QED) is 0.817. The van der Waals surface area contributed by atoms with Crippen LogP contribution in [-0.2, 0) is 10.0 Å². The largest absolute Gasteiger partial charge is 0.339 e. The number of likely N-dealkylation sites (N-methyl/N-ethyl adjacent to an activating group) is 1. The number of carbonyl (C=O) groups is 1. The van der Waals surface area contributed by atoms with Gasteiger partial charge in [0.05, 0.1) is 4.90 Å². The Kier molecular flexibility index (Phi) is 5.76. The molecule has 0 aliphatic carbocycles. The summed E-state index contributed by atoms with van der Waals surface area (Å²) in [5, 5.41) is 0. The van der Waals surface area contributed by atoms with E-state index in [4.69, 9.17) is 0 Å². The molecule has 1 aromatic carbocycles. The normalized spacial score (nSPS) is 21.1. The minimum Gasteiger partial charge on any atom is -0.339 e. The second-order valence-corrected chi connectivity index (χ2v) is 8.88. The van der Waals surface area contributed by atoms with Crippen LogP contribution in [0.5, 0.6) is 0 Å². The fourth-order valence-electron chi connectivity index (χ4n) is 3.40. The number of nitrogens with zero attached hydrogens (tertiary/aromatic N) is 3. The zero-order valence-electron chi connectivity index (χ0n) is 14.9. The van der Waals surface area contributed by atoms with Gasteiger partial charge in [0.25, 0.3) is 5.91 Å². The van der Waals surface area contributed by atoms with Crippen LogP contribution in [0.25, 0.3) is 0 Å². The first-order chi connectivity index (χ1) is 12.0. The summed E-state index contributed by atoms with van der Waals surface area (Å²) in [4.78, 5) is 16.9. The molecule has 0 bridgehead atoms. The molecule has 7 heteroatoms. The van der Waals surface area contributed by atoms with Crippen molar-refractivity contribution in [3.05, 3.63) is 29.8 Å². The third-order valence-electron chi connectivity index (χ3n) is 5.09. The van der Waals surface area contributed by atoms with Crippen molar-refractivity contribution in [2.75, 3.05) is 46.3 Å². The minimum absolute atomic E-state index is 0.00504. The first kappa shape index (κ1) is 18.4. The van der Waals surface area contributed by atoms with Crippen LogP contribution in [0.4, 0.5) is 0 Å². The van der Waals surface area contributed by atoms with Crippen molar-refractivity contribution in [3.8, 4) is 0 Å². The molecule has 1 aromatic rings. The van der Waals surface area contributed by atoms with Crippen molar-refractivity contribution in [1.29, 1.82) is 0 Å². The van der Waals surface area contributed by atoms with Gasteiger partial charge in [-0.2, -0.15) is 4.31 Å². The highest BCUT2D eigenvalue weighted by Gasteiger charge is 2.27. The summed E-state index contributed by atoms with van der Waals surface area (Å²) in [7, 11) is -1.48. The number of hydrogen-bond donors (Lipinski definition) is 0. The molecule has 25 heavy (non-hydrogen) atoms. The third kappa shape index (κ3) is 4.22. The van der Waals surface area contributed by atoms with Crippen molar-refractivity contribution in [1.82, 2.24) is 14.1 Å². The van der Waals surface area contributed by atoms with Gasteiger partial charge in [-0.05, 0) is 44.2 Å². The van der Waals surface area contributed by atoms with Crippen LogP contribution in [0.3, 0.4) is 0 Å². The molecule has 0 atom stereocenters. The third-order valence-corrected chi connectivity index (χ3v) is 7.01. The summed E-state index contributed by atoms with van der Waals surface area (Å²) in [5.41, 5.74) is 0.569. The van der Waals surface area contributed by atoms with Gasteiger partial charge in [-0.3, -0.25) is 4.79 Å². The van der Waals surface area contributed by atoms with Gasteiger partial charge >= 0.3 is 0 Å². The smallest absolute Gasteiger partial charge is 0.253 e. The summed E-state index contributed by atoms with van der Waals surface area (Å²) >= 11 is 0. The van der Waals surface area contributed by atoms with Crippen LogP contribution in [0, 0.1) is 0 Å². The van der Waals surface area contributed by atoms with Crippen molar-refractivity contribution in [2.24, 2.45) is 0 Å². The van der Waals surface area contributed by atoms with Gasteiger partial charge in [-0.1, -0.05) is 12.8 Å². The van der Waals surface area contributed by atoms with Gasteiger partial charge in [0.15, 0.2) is 0 Å². The van der Waals surface area contributed by atoms with E-state index in [9.17, 15) is 13.2 Å². The maximum atomic E-state index is 12.7. The average Bonchev–Trinajstić information content (AvgIpc) is 2.91. The van der Waals surface area contributed by atoms with Crippen molar-refractivity contribution < 1.29 is 13.2 Å². The maximum Gasteiger partial charge on any atom is 0.253 e. The van der Waals surface area contributed by atoms with Crippen LogP contribution in [0.15, 0.2) is 29.2 Å². The standard InChI is InChI=1S/C18H27N3O3S/c1-19-12-14-21(15-13-19)25(23,24)17-8-6-16(7-9-17)18(22)20-10-4-2-3-5-11-20/h6-9H,2-5,10-15H2,1H3. The Hall–Kier alpha value is -1.44. The summed E-state index contributed by atoms with van der Waals surface area (Å²) in [6.07, 6.45) is 4.43. The van der Waals surface area contributed by atoms with Gasteiger partial charge in [-0.25, -0.2) is 8.42 Å². The SMILES string of the molecule is CN1CCN(S(=O)(=O)c2ccc(C(=O)N3CCCCCC3)cc2)CC1. The molecule has 6 nitrogen and oxygen atoms in total. The average molecular weight is 365 g/mol. The number of likely N-dealkylation sites (tertiary alicyclic amines) is 1. The highest BCUT2D eigenvalue weighted by atomic mass is 32.2. The Morgan fingerprint density at radius 1 is 0.840 bits per heavy atom. The molecular weight excluding hydrogens is 338 g/mol. The van der Waals surface area contributed by atoms with E-state index in [-0.39, 0.29) is 10.8 Å². The van der Waals surface area contributed by atoms with Gasteiger partial charge in [-0.15, -0.1) is 0 Å². The Bertz CT molecular complexity index is 687. The fraction of sp³-hybridized carbons (Fsp3) is 0.611. The molecule has 2 saturated heterocycles. The molecule has 2 heterocycles. The highest BCUT2D eigenvalue weighted by molar-refractivity contribution is 7.89. The number of hydrogen-bond acceptors (Lipinski definition) is 4. The van der Waals surface area contributed by atoms with E-state index in [1.807, 2.05) is 11.9 Å². The van der Waals surface area contributed by atoms with Crippen LogP contribution in [0.2, 0.25) is 0 Å². The molecule has 0 N–H and O–H groups in total. The molecule has 3 rings (SSSR count). The predicted octanol–water partition coefficient (Wildman–Crippen LogP) is 1.64. The minimum atomic E-state index is -3.48. The van der Waals surface area contributed by atoms with Gasteiger partial charge in [0.1, 0.15) is 0 Å². The molecule has 0 saturated carbocycles. The van der Waals surface area contributed by atoms with E-state index < -0.39 is 10.0 Å². The molecule has 2 aliphatic rings. The van der Waals surface area contributed by atoms with E-state index in [1.165, 1.54) is 17.1 Å². The molecular formula is C18H27N3O3S. The first-order valence-electron chi connectivity index (χ1n) is 9.06. The van der Waals surface area contributed by atoms with E-state index in [0.29, 0.717) is 18.7 Å². The number of rotatable bonds is 3. The van der Waals surface area contributed by atoms with Gasteiger partial charge < -0.3 is 9.80 Å². The van der Waals surface area contributed by atoms with Crippen LogP contribution in [0.1, 0.15) is 36.0 Å². The number of sulfonamides is 1. The van der Waals surface area contributed by atoms with Crippen molar-refractivity contribution in [2.45, 2.75) is 30.6 Å². The van der Waals surface area contributed by atoms with Gasteiger partial charge in [0.2, 0.25) is 10.0 Å². The summed E-state index contributed by atoms with van der Waals surface area (Å²) in [6, 6.07) is 6.43. The van der Waals surface area contributed by atoms with Crippen molar-refractivity contribution >= 4 is 15.9 Å². The van der Waals surface area contributed by atoms with Crippen molar-refractivity contribution in [3.63, 3.8) is 0 Å². The molecule has 138 valence electrons. The molecule has 2 fully saturated rings. The molecule has 0 unspecified atom stereocenters. The number of amides is 1. The maximum absolute atomic E-state index is 12.7. The molecule has 2 aliphatic heterocycles. The molecule has 0 spiro atoms. The Morgan fingerprint density at radius 3 is 1.96 bits per heavy atom. The molecule has 0 radical (unpaired) electrons. The zero-order valence-corrected chi connectivity index (χ0v) is 15.7.